The van der Waals surface area contributed by atoms with Gasteiger partial charge >= 0.3 is 0 Å². The van der Waals surface area contributed by atoms with Crippen molar-refractivity contribution in [3.05, 3.63) is 12.3 Å². The standard InChI is InChI=1S/C26H44N6O/c1-3-21(4-2)25(33)31-18-12-23(13-19-31)32-17-9-10-22(20-32)28-26-27-14-11-24(29-26)30-15-7-5-6-8-16-30/h11,14,21-23H,3-10,12-13,15-20H2,1-2H3,(H,27,28,29). The number of nitrogens with one attached hydrogen (secondary N) is 1. The normalized spacial score (nSPS) is 23.5. The number of nitrogens with zero attached hydrogens (tertiary/aromatic N) is 5. The minimum absolute atomic E-state index is 0.204. The van der Waals surface area contributed by atoms with E-state index >= 15 is 0 Å². The Morgan fingerprint density at radius 2 is 1.73 bits per heavy atom. The first kappa shape index (κ1) is 24.2. The third-order valence-corrected chi connectivity index (χ3v) is 7.98. The summed E-state index contributed by atoms with van der Waals surface area (Å²) < 4.78 is 0. The Morgan fingerprint density at radius 1 is 1.00 bits per heavy atom. The third kappa shape index (κ3) is 6.37. The van der Waals surface area contributed by atoms with E-state index in [1.165, 1.54) is 38.5 Å². The molecule has 4 rings (SSSR count). The van der Waals surface area contributed by atoms with Crippen LogP contribution in [0.25, 0.3) is 0 Å². The third-order valence-electron chi connectivity index (χ3n) is 7.98. The smallest absolute Gasteiger partial charge is 0.225 e. The Balaban J connectivity index is 1.29. The second-order valence-corrected chi connectivity index (χ2v) is 10.2. The number of rotatable bonds is 7. The molecule has 3 saturated heterocycles. The van der Waals surface area contributed by atoms with Gasteiger partial charge in [-0.25, -0.2) is 4.98 Å². The highest BCUT2D eigenvalue weighted by atomic mass is 16.2. The van der Waals surface area contributed by atoms with E-state index in [2.05, 4.69) is 44.9 Å². The van der Waals surface area contributed by atoms with E-state index in [1.54, 1.807) is 0 Å². The molecule has 33 heavy (non-hydrogen) atoms. The van der Waals surface area contributed by atoms with Crippen LogP contribution in [-0.4, -0.2) is 77.0 Å². The minimum Gasteiger partial charge on any atom is -0.356 e. The van der Waals surface area contributed by atoms with Gasteiger partial charge < -0.3 is 15.1 Å². The SMILES string of the molecule is CCC(CC)C(=O)N1CCC(N2CCCC(Nc3nccc(N4CCCCCC4)n3)C2)CC1. The molecule has 0 aromatic carbocycles. The van der Waals surface area contributed by atoms with Crippen LogP contribution in [0.15, 0.2) is 12.3 Å². The quantitative estimate of drug-likeness (QED) is 0.665. The van der Waals surface area contributed by atoms with Crippen molar-refractivity contribution in [3.8, 4) is 0 Å². The highest BCUT2D eigenvalue weighted by Gasteiger charge is 2.31. The molecule has 1 aromatic rings. The van der Waals surface area contributed by atoms with Crippen LogP contribution in [0.2, 0.25) is 0 Å². The Kier molecular flexibility index (Phi) is 8.82. The summed E-state index contributed by atoms with van der Waals surface area (Å²) in [7, 11) is 0. The van der Waals surface area contributed by atoms with Crippen LogP contribution in [0.4, 0.5) is 11.8 Å². The fraction of sp³-hybridized carbons (Fsp3) is 0.808. The van der Waals surface area contributed by atoms with Gasteiger partial charge in [0, 0.05) is 56.9 Å². The maximum absolute atomic E-state index is 12.7. The molecule has 7 heteroatoms. The largest absolute Gasteiger partial charge is 0.356 e. The maximum atomic E-state index is 12.7. The first-order valence-corrected chi connectivity index (χ1v) is 13.5. The molecule has 184 valence electrons. The van der Waals surface area contributed by atoms with Crippen LogP contribution < -0.4 is 10.2 Å². The molecular weight excluding hydrogens is 412 g/mol. The van der Waals surface area contributed by atoms with Crippen LogP contribution in [0.5, 0.6) is 0 Å². The van der Waals surface area contributed by atoms with Crippen molar-refractivity contribution in [2.24, 2.45) is 5.92 Å². The molecule has 0 bridgehead atoms. The highest BCUT2D eigenvalue weighted by molar-refractivity contribution is 5.78. The van der Waals surface area contributed by atoms with E-state index in [-0.39, 0.29) is 5.92 Å². The summed E-state index contributed by atoms with van der Waals surface area (Å²) in [6.45, 7) is 10.5. The molecule has 4 heterocycles. The van der Waals surface area contributed by atoms with Gasteiger partial charge in [-0.2, -0.15) is 4.98 Å². The van der Waals surface area contributed by atoms with E-state index in [9.17, 15) is 4.79 Å². The Bertz CT molecular complexity index is 738. The molecule has 1 N–H and O–H groups in total. The van der Waals surface area contributed by atoms with Gasteiger partial charge in [-0.15, -0.1) is 0 Å². The lowest BCUT2D eigenvalue weighted by molar-refractivity contribution is -0.137. The number of hydrogen-bond acceptors (Lipinski definition) is 6. The fourth-order valence-corrected chi connectivity index (χ4v) is 5.88. The Hall–Kier alpha value is -1.89. The summed E-state index contributed by atoms with van der Waals surface area (Å²) in [6, 6.07) is 3.03. The monoisotopic (exact) mass is 456 g/mol. The predicted octanol–water partition coefficient (Wildman–Crippen LogP) is 4.16. The van der Waals surface area contributed by atoms with Crippen LogP contribution >= 0.6 is 0 Å². The van der Waals surface area contributed by atoms with Gasteiger partial charge in [0.25, 0.3) is 0 Å². The van der Waals surface area contributed by atoms with Crippen LogP contribution in [0.1, 0.15) is 78.1 Å². The zero-order valence-electron chi connectivity index (χ0n) is 20.8. The second-order valence-electron chi connectivity index (χ2n) is 10.2. The second kappa shape index (κ2) is 12.0. The van der Waals surface area contributed by atoms with Crippen molar-refractivity contribution in [2.75, 3.05) is 49.5 Å². The van der Waals surface area contributed by atoms with Crippen LogP contribution in [0.3, 0.4) is 0 Å². The number of amides is 1. The summed E-state index contributed by atoms with van der Waals surface area (Å²) in [5.74, 6) is 2.42. The van der Waals surface area contributed by atoms with Gasteiger partial charge in [0.15, 0.2) is 0 Å². The van der Waals surface area contributed by atoms with E-state index in [0.717, 1.165) is 76.7 Å². The highest BCUT2D eigenvalue weighted by Crippen LogP contribution is 2.25. The topological polar surface area (TPSA) is 64.6 Å². The molecule has 1 aromatic heterocycles. The number of carbonyl (C=O) groups is 1. The molecule has 7 nitrogen and oxygen atoms in total. The average Bonchev–Trinajstić information content (AvgIpc) is 3.15. The number of aromatic nitrogens is 2. The van der Waals surface area contributed by atoms with E-state index in [0.29, 0.717) is 18.0 Å². The van der Waals surface area contributed by atoms with Gasteiger partial charge in [0.2, 0.25) is 11.9 Å². The van der Waals surface area contributed by atoms with Crippen molar-refractivity contribution < 1.29 is 4.79 Å². The number of hydrogen-bond donors (Lipinski definition) is 1. The van der Waals surface area contributed by atoms with E-state index < -0.39 is 0 Å². The summed E-state index contributed by atoms with van der Waals surface area (Å²) >= 11 is 0. The number of likely N-dealkylation sites (tertiary alicyclic amines) is 2. The zero-order valence-corrected chi connectivity index (χ0v) is 20.8. The molecule has 3 aliphatic rings. The molecule has 0 saturated carbocycles. The Morgan fingerprint density at radius 3 is 2.42 bits per heavy atom. The van der Waals surface area contributed by atoms with Gasteiger partial charge in [0.05, 0.1) is 0 Å². The van der Waals surface area contributed by atoms with Crippen molar-refractivity contribution in [1.29, 1.82) is 0 Å². The molecular formula is C26H44N6O. The van der Waals surface area contributed by atoms with Crippen molar-refractivity contribution in [2.45, 2.75) is 90.1 Å². The minimum atomic E-state index is 0.204. The van der Waals surface area contributed by atoms with E-state index in [1.807, 2.05) is 6.20 Å². The molecule has 0 radical (unpaired) electrons. The predicted molar refractivity (Wildman–Crippen MR) is 135 cm³/mol. The summed E-state index contributed by atoms with van der Waals surface area (Å²) in [6.07, 6.45) is 13.5. The maximum Gasteiger partial charge on any atom is 0.225 e. The Labute approximate surface area is 200 Å². The number of anilines is 2. The van der Waals surface area contributed by atoms with Crippen molar-refractivity contribution in [3.63, 3.8) is 0 Å². The first-order valence-electron chi connectivity index (χ1n) is 13.5. The molecule has 0 spiro atoms. The van der Waals surface area contributed by atoms with Gasteiger partial charge in [-0.1, -0.05) is 26.7 Å². The first-order chi connectivity index (χ1) is 16.2. The van der Waals surface area contributed by atoms with Crippen LogP contribution in [-0.2, 0) is 4.79 Å². The summed E-state index contributed by atoms with van der Waals surface area (Å²) in [4.78, 5) is 29.3. The van der Waals surface area contributed by atoms with Gasteiger partial charge in [-0.05, 0) is 64.0 Å². The van der Waals surface area contributed by atoms with Crippen LogP contribution in [0, 0.1) is 5.92 Å². The molecule has 1 unspecified atom stereocenters. The summed E-state index contributed by atoms with van der Waals surface area (Å²) in [5, 5.41) is 3.65. The van der Waals surface area contributed by atoms with Crippen molar-refractivity contribution >= 4 is 17.7 Å². The lowest BCUT2D eigenvalue weighted by atomic mass is 9.96. The van der Waals surface area contributed by atoms with E-state index in [4.69, 9.17) is 4.98 Å². The average molecular weight is 457 g/mol. The molecule has 0 aliphatic carbocycles. The zero-order chi connectivity index (χ0) is 23.0. The molecule has 3 fully saturated rings. The van der Waals surface area contributed by atoms with Gasteiger partial charge in [-0.3, -0.25) is 9.69 Å². The molecule has 1 amide bonds. The summed E-state index contributed by atoms with van der Waals surface area (Å²) in [5.41, 5.74) is 0. The fourth-order valence-electron chi connectivity index (χ4n) is 5.88. The molecule has 1 atom stereocenters. The molecule has 3 aliphatic heterocycles. The van der Waals surface area contributed by atoms with Gasteiger partial charge in [0.1, 0.15) is 5.82 Å². The lowest BCUT2D eigenvalue weighted by Crippen LogP contribution is -2.52. The number of piperidine rings is 2. The van der Waals surface area contributed by atoms with Crippen molar-refractivity contribution in [1.82, 2.24) is 19.8 Å². The number of carbonyl (C=O) groups excluding carboxylic acids is 1. The lowest BCUT2D eigenvalue weighted by Gasteiger charge is -2.43.